The van der Waals surface area contributed by atoms with Crippen LogP contribution in [0.4, 0.5) is 0 Å². The van der Waals surface area contributed by atoms with Gasteiger partial charge in [-0.25, -0.2) is 0 Å². The van der Waals surface area contributed by atoms with Crippen LogP contribution in [0.1, 0.15) is 50.7 Å². The molecule has 0 saturated heterocycles. The highest BCUT2D eigenvalue weighted by Gasteiger charge is 2.73. The van der Waals surface area contributed by atoms with E-state index >= 15 is 0 Å². The largest absolute Gasteiger partial charge is 0.466 e. The Labute approximate surface area is 144 Å². The highest BCUT2D eigenvalue weighted by Crippen LogP contribution is 2.71. The summed E-state index contributed by atoms with van der Waals surface area (Å²) in [4.78, 5) is 13.0. The van der Waals surface area contributed by atoms with E-state index in [-0.39, 0.29) is 11.4 Å². The highest BCUT2D eigenvalue weighted by atomic mass is 16.5. The molecule has 1 fully saturated rings. The van der Waals surface area contributed by atoms with Crippen molar-refractivity contribution in [2.45, 2.75) is 44.9 Å². The summed E-state index contributed by atoms with van der Waals surface area (Å²) in [6.07, 6.45) is 3.85. The topological polar surface area (TPSA) is 26.3 Å². The number of hydrogen-bond donors (Lipinski definition) is 0. The van der Waals surface area contributed by atoms with Gasteiger partial charge in [-0.1, -0.05) is 80.4 Å². The SMILES string of the molecule is CCCC[C@]1(C(=O)OCC)CC1(c1ccccc1)c1ccccc1. The Morgan fingerprint density at radius 1 is 0.958 bits per heavy atom. The molecule has 0 amide bonds. The van der Waals surface area contributed by atoms with Crippen LogP contribution in [-0.4, -0.2) is 12.6 Å². The van der Waals surface area contributed by atoms with Gasteiger partial charge in [0.2, 0.25) is 0 Å². The third kappa shape index (κ3) is 2.54. The molecule has 0 aliphatic heterocycles. The van der Waals surface area contributed by atoms with Crippen LogP contribution in [0.15, 0.2) is 60.7 Å². The van der Waals surface area contributed by atoms with Gasteiger partial charge in [0, 0.05) is 5.41 Å². The summed E-state index contributed by atoms with van der Waals surface area (Å²) in [5.74, 6) is -0.0360. The Morgan fingerprint density at radius 2 is 1.50 bits per heavy atom. The number of unbranched alkanes of at least 4 members (excludes halogenated alkanes) is 1. The highest BCUT2D eigenvalue weighted by molar-refractivity contribution is 5.86. The zero-order valence-electron chi connectivity index (χ0n) is 14.6. The predicted molar refractivity (Wildman–Crippen MR) is 96.9 cm³/mol. The van der Waals surface area contributed by atoms with Gasteiger partial charge in [0.1, 0.15) is 0 Å². The molecule has 126 valence electrons. The molecule has 1 saturated carbocycles. The molecule has 0 spiro atoms. The Balaban J connectivity index is 2.11. The molecule has 1 atom stereocenters. The molecule has 0 bridgehead atoms. The molecular formula is C22H26O2. The van der Waals surface area contributed by atoms with E-state index in [4.69, 9.17) is 4.74 Å². The number of ether oxygens (including phenoxy) is 1. The third-order valence-electron chi connectivity index (χ3n) is 5.42. The van der Waals surface area contributed by atoms with E-state index in [1.54, 1.807) is 0 Å². The molecule has 24 heavy (non-hydrogen) atoms. The van der Waals surface area contributed by atoms with Gasteiger partial charge in [-0.2, -0.15) is 0 Å². The van der Waals surface area contributed by atoms with Crippen molar-refractivity contribution in [2.24, 2.45) is 5.41 Å². The van der Waals surface area contributed by atoms with Crippen LogP contribution in [-0.2, 0) is 14.9 Å². The second kappa shape index (κ2) is 6.80. The van der Waals surface area contributed by atoms with Crippen LogP contribution in [0.5, 0.6) is 0 Å². The van der Waals surface area contributed by atoms with Crippen LogP contribution in [0.3, 0.4) is 0 Å². The lowest BCUT2D eigenvalue weighted by atomic mass is 9.78. The van der Waals surface area contributed by atoms with E-state index in [9.17, 15) is 4.79 Å². The summed E-state index contributed by atoms with van der Waals surface area (Å²) in [6.45, 7) is 4.50. The van der Waals surface area contributed by atoms with Gasteiger partial charge < -0.3 is 4.74 Å². The zero-order valence-corrected chi connectivity index (χ0v) is 14.6. The van der Waals surface area contributed by atoms with E-state index in [1.807, 2.05) is 19.1 Å². The number of esters is 1. The van der Waals surface area contributed by atoms with Crippen molar-refractivity contribution in [3.05, 3.63) is 71.8 Å². The first-order chi connectivity index (χ1) is 11.7. The maximum atomic E-state index is 13.0. The molecule has 1 aliphatic rings. The Hall–Kier alpha value is -2.09. The van der Waals surface area contributed by atoms with Crippen molar-refractivity contribution in [3.8, 4) is 0 Å². The van der Waals surface area contributed by atoms with Gasteiger partial charge in [0.25, 0.3) is 0 Å². The fourth-order valence-corrected chi connectivity index (χ4v) is 4.18. The summed E-state index contributed by atoms with van der Waals surface area (Å²) < 4.78 is 5.53. The van der Waals surface area contributed by atoms with E-state index in [0.29, 0.717) is 6.61 Å². The Bertz CT molecular complexity index is 638. The smallest absolute Gasteiger partial charge is 0.313 e. The molecule has 2 nitrogen and oxygen atoms in total. The third-order valence-corrected chi connectivity index (χ3v) is 5.42. The lowest BCUT2D eigenvalue weighted by molar-refractivity contribution is -0.150. The second-order valence-electron chi connectivity index (χ2n) is 6.72. The zero-order chi connectivity index (χ0) is 17.0. The average Bonchev–Trinajstić information content (AvgIpc) is 3.33. The first kappa shape index (κ1) is 16.8. The van der Waals surface area contributed by atoms with Gasteiger partial charge >= 0.3 is 5.97 Å². The minimum Gasteiger partial charge on any atom is -0.466 e. The maximum absolute atomic E-state index is 13.0. The lowest BCUT2D eigenvalue weighted by Gasteiger charge is -2.26. The maximum Gasteiger partial charge on any atom is 0.313 e. The van der Waals surface area contributed by atoms with Crippen LogP contribution >= 0.6 is 0 Å². The van der Waals surface area contributed by atoms with E-state index in [2.05, 4.69) is 55.5 Å². The van der Waals surface area contributed by atoms with Crippen molar-refractivity contribution in [2.75, 3.05) is 6.61 Å². The first-order valence-corrected chi connectivity index (χ1v) is 8.99. The second-order valence-corrected chi connectivity index (χ2v) is 6.72. The quantitative estimate of drug-likeness (QED) is 0.662. The molecule has 0 unspecified atom stereocenters. The number of carbonyl (C=O) groups excluding carboxylic acids is 1. The number of hydrogen-bond acceptors (Lipinski definition) is 2. The Morgan fingerprint density at radius 3 is 1.96 bits per heavy atom. The number of rotatable bonds is 7. The molecule has 0 radical (unpaired) electrons. The molecule has 0 aromatic heterocycles. The molecule has 2 aromatic carbocycles. The van der Waals surface area contributed by atoms with E-state index in [1.165, 1.54) is 11.1 Å². The molecule has 0 N–H and O–H groups in total. The fraction of sp³-hybridized carbons (Fsp3) is 0.409. The van der Waals surface area contributed by atoms with Crippen LogP contribution in [0, 0.1) is 5.41 Å². The molecule has 0 heterocycles. The minimum absolute atomic E-state index is 0.0360. The first-order valence-electron chi connectivity index (χ1n) is 8.99. The van der Waals surface area contributed by atoms with Gasteiger partial charge in [-0.15, -0.1) is 0 Å². The number of carbonyl (C=O) groups is 1. The summed E-state index contributed by atoms with van der Waals surface area (Å²) >= 11 is 0. The summed E-state index contributed by atoms with van der Waals surface area (Å²) in [5, 5.41) is 0. The standard InChI is InChI=1S/C22H26O2/c1-3-5-16-21(20(23)24-4-2)17-22(21,18-12-8-6-9-13-18)19-14-10-7-11-15-19/h6-15H,3-5,16-17H2,1-2H3/t21-/m1/s1. The molecular weight excluding hydrogens is 296 g/mol. The van der Waals surface area contributed by atoms with Crippen LogP contribution in [0.2, 0.25) is 0 Å². The predicted octanol–water partition coefficient (Wildman–Crippen LogP) is 5.12. The van der Waals surface area contributed by atoms with E-state index < -0.39 is 5.41 Å². The summed E-state index contributed by atoms with van der Waals surface area (Å²) in [7, 11) is 0. The molecule has 2 heteroatoms. The Kier molecular flexibility index (Phi) is 4.75. The van der Waals surface area contributed by atoms with Crippen LogP contribution in [0.25, 0.3) is 0 Å². The minimum atomic E-state index is -0.429. The van der Waals surface area contributed by atoms with Crippen LogP contribution < -0.4 is 0 Å². The van der Waals surface area contributed by atoms with Crippen molar-refractivity contribution in [1.82, 2.24) is 0 Å². The monoisotopic (exact) mass is 322 g/mol. The van der Waals surface area contributed by atoms with Crippen molar-refractivity contribution in [1.29, 1.82) is 0 Å². The van der Waals surface area contributed by atoms with Crippen molar-refractivity contribution in [3.63, 3.8) is 0 Å². The molecule has 3 rings (SSSR count). The fourth-order valence-electron chi connectivity index (χ4n) is 4.18. The summed E-state index contributed by atoms with van der Waals surface area (Å²) in [6, 6.07) is 20.9. The summed E-state index contributed by atoms with van der Waals surface area (Å²) in [5.41, 5.74) is 1.76. The van der Waals surface area contributed by atoms with Gasteiger partial charge in [-0.3, -0.25) is 4.79 Å². The van der Waals surface area contributed by atoms with Gasteiger partial charge in [0.05, 0.1) is 12.0 Å². The van der Waals surface area contributed by atoms with Crippen molar-refractivity contribution < 1.29 is 9.53 Å². The lowest BCUT2D eigenvalue weighted by Crippen LogP contribution is -2.29. The normalized spacial score (nSPS) is 21.2. The average molecular weight is 322 g/mol. The molecule has 2 aromatic rings. The van der Waals surface area contributed by atoms with Crippen molar-refractivity contribution >= 4 is 5.97 Å². The number of benzene rings is 2. The van der Waals surface area contributed by atoms with Gasteiger partial charge in [0.15, 0.2) is 0 Å². The van der Waals surface area contributed by atoms with Gasteiger partial charge in [-0.05, 0) is 30.9 Å². The van der Waals surface area contributed by atoms with E-state index in [0.717, 1.165) is 25.7 Å². The molecule has 1 aliphatic carbocycles.